The molecule has 0 saturated carbocycles. The van der Waals surface area contributed by atoms with Crippen LogP contribution >= 0.6 is 11.6 Å². The van der Waals surface area contributed by atoms with Crippen LogP contribution in [0.5, 0.6) is 5.75 Å². The summed E-state index contributed by atoms with van der Waals surface area (Å²) in [6.45, 7) is 3.65. The van der Waals surface area contributed by atoms with Crippen molar-refractivity contribution in [3.05, 3.63) is 89.7 Å². The van der Waals surface area contributed by atoms with Gasteiger partial charge in [0, 0.05) is 16.1 Å². The van der Waals surface area contributed by atoms with Crippen LogP contribution < -0.4 is 15.4 Å². The summed E-state index contributed by atoms with van der Waals surface area (Å²) in [5.41, 5.74) is -7.14. The Morgan fingerprint density at radius 3 is 2.34 bits per heavy atom. The molecule has 1 aromatic heterocycles. The largest absolute Gasteiger partial charge is 0.490 e. The SMILES string of the molecule is C=CCOc1ccc([C@]2(O)NC(=O)N[C@H](c3ccc(-c4ccc(Cl)cc4)o3)[C@@]2(O)C(F)(F)F)cc1. The van der Waals surface area contributed by atoms with Crippen LogP contribution in [0.3, 0.4) is 0 Å². The number of carbonyl (C=O) groups excluding carboxylic acids is 1. The Labute approximate surface area is 202 Å². The summed E-state index contributed by atoms with van der Waals surface area (Å²) in [5, 5.41) is 26.7. The average Bonchev–Trinajstić information content (AvgIpc) is 3.30. The van der Waals surface area contributed by atoms with E-state index in [0.717, 1.165) is 12.1 Å². The molecule has 2 amide bonds. The van der Waals surface area contributed by atoms with Crippen LogP contribution in [0.15, 0.2) is 77.7 Å². The molecule has 0 aliphatic carbocycles. The number of ether oxygens (including phenoxy) is 1. The minimum atomic E-state index is -5.43. The number of furan rings is 1. The van der Waals surface area contributed by atoms with E-state index in [1.165, 1.54) is 30.3 Å². The third-order valence-corrected chi connectivity index (χ3v) is 5.90. The Morgan fingerprint density at radius 1 is 1.09 bits per heavy atom. The van der Waals surface area contributed by atoms with Gasteiger partial charge in [-0.2, -0.15) is 13.2 Å². The minimum Gasteiger partial charge on any atom is -0.490 e. The summed E-state index contributed by atoms with van der Waals surface area (Å²) in [6.07, 6.45) is -3.96. The zero-order valence-electron chi connectivity index (χ0n) is 18.0. The summed E-state index contributed by atoms with van der Waals surface area (Å²) < 4.78 is 54.4. The van der Waals surface area contributed by atoms with E-state index in [2.05, 4.69) is 6.58 Å². The van der Waals surface area contributed by atoms with Crippen LogP contribution in [0, 0.1) is 0 Å². The first-order valence-electron chi connectivity index (χ1n) is 10.3. The van der Waals surface area contributed by atoms with Gasteiger partial charge in [0.15, 0.2) is 0 Å². The van der Waals surface area contributed by atoms with Crippen molar-refractivity contribution in [3.8, 4) is 17.1 Å². The molecule has 1 saturated heterocycles. The fourth-order valence-corrected chi connectivity index (χ4v) is 4.03. The molecule has 4 N–H and O–H groups in total. The van der Waals surface area contributed by atoms with Crippen molar-refractivity contribution in [3.63, 3.8) is 0 Å². The molecular weight excluding hydrogens is 489 g/mol. The molecule has 2 aromatic carbocycles. The van der Waals surface area contributed by atoms with Gasteiger partial charge in [-0.1, -0.05) is 36.4 Å². The highest BCUT2D eigenvalue weighted by Gasteiger charge is 2.74. The molecule has 11 heteroatoms. The number of carbonyl (C=O) groups is 1. The zero-order valence-corrected chi connectivity index (χ0v) is 18.7. The molecule has 1 fully saturated rings. The molecule has 3 atom stereocenters. The van der Waals surface area contributed by atoms with Gasteiger partial charge >= 0.3 is 12.2 Å². The quantitative estimate of drug-likeness (QED) is 0.363. The smallest absolute Gasteiger partial charge is 0.424 e. The Bertz CT molecular complexity index is 1230. The first kappa shape index (κ1) is 24.6. The lowest BCUT2D eigenvalue weighted by atomic mass is 9.75. The molecule has 4 rings (SSSR count). The van der Waals surface area contributed by atoms with E-state index >= 15 is 0 Å². The van der Waals surface area contributed by atoms with Crippen LogP contribution in [0.25, 0.3) is 11.3 Å². The average molecular weight is 509 g/mol. The number of nitrogens with one attached hydrogen (secondary N) is 2. The summed E-state index contributed by atoms with van der Waals surface area (Å²) >= 11 is 5.87. The maximum atomic E-state index is 14.5. The van der Waals surface area contributed by atoms with Gasteiger partial charge in [0.2, 0.25) is 11.3 Å². The maximum Gasteiger partial charge on any atom is 0.424 e. The van der Waals surface area contributed by atoms with Crippen LogP contribution in [0.1, 0.15) is 17.4 Å². The van der Waals surface area contributed by atoms with Crippen LogP contribution in [0.4, 0.5) is 18.0 Å². The Hall–Kier alpha value is -3.47. The van der Waals surface area contributed by atoms with Gasteiger partial charge in [-0.15, -0.1) is 0 Å². The number of rotatable bonds is 6. The molecule has 184 valence electrons. The topological polar surface area (TPSA) is 104 Å². The van der Waals surface area contributed by atoms with Crippen LogP contribution in [-0.4, -0.2) is 34.6 Å². The highest BCUT2D eigenvalue weighted by atomic mass is 35.5. The van der Waals surface area contributed by atoms with Crippen LogP contribution in [0.2, 0.25) is 5.02 Å². The molecule has 1 aliphatic heterocycles. The monoisotopic (exact) mass is 508 g/mol. The fourth-order valence-electron chi connectivity index (χ4n) is 3.90. The lowest BCUT2D eigenvalue weighted by molar-refractivity contribution is -0.344. The van der Waals surface area contributed by atoms with Crippen molar-refractivity contribution < 1.29 is 37.3 Å². The third-order valence-electron chi connectivity index (χ3n) is 5.65. The minimum absolute atomic E-state index is 0.146. The standard InChI is InChI=1S/C24H20ClF3N2O5/c1-2-13-34-17-9-5-15(6-10-17)23(33)22(32,24(26,27)28)20(29-21(31)30-23)19-12-11-18(35-19)14-3-7-16(25)8-4-14/h2-12,20,32-33H,1,13H2,(H2,29,30,31)/t20-,22+,23-/m1/s1. The van der Waals surface area contributed by atoms with Crippen molar-refractivity contribution in [1.29, 1.82) is 0 Å². The highest BCUT2D eigenvalue weighted by Crippen LogP contribution is 2.52. The highest BCUT2D eigenvalue weighted by molar-refractivity contribution is 6.30. The van der Waals surface area contributed by atoms with Gasteiger partial charge in [0.05, 0.1) is 0 Å². The number of alkyl halides is 3. The lowest BCUT2D eigenvalue weighted by Crippen LogP contribution is -2.77. The van der Waals surface area contributed by atoms with Gasteiger partial charge in [-0.3, -0.25) is 0 Å². The molecule has 0 radical (unpaired) electrons. The second-order valence-corrected chi connectivity index (χ2v) is 8.28. The summed E-state index contributed by atoms with van der Waals surface area (Å²) in [7, 11) is 0. The number of hydrogen-bond acceptors (Lipinski definition) is 5. The molecule has 1 aliphatic rings. The van der Waals surface area contributed by atoms with E-state index in [0.29, 0.717) is 10.6 Å². The van der Waals surface area contributed by atoms with Crippen molar-refractivity contribution >= 4 is 17.6 Å². The molecule has 35 heavy (non-hydrogen) atoms. The molecule has 0 spiro atoms. The van der Waals surface area contributed by atoms with Gasteiger partial charge in [-0.05, 0) is 48.5 Å². The number of aliphatic hydroxyl groups is 2. The number of hydrogen-bond donors (Lipinski definition) is 4. The molecule has 3 aromatic rings. The number of amides is 2. The lowest BCUT2D eigenvalue weighted by Gasteiger charge is -2.51. The second-order valence-electron chi connectivity index (χ2n) is 7.84. The van der Waals surface area contributed by atoms with E-state index in [1.807, 2.05) is 10.6 Å². The maximum absolute atomic E-state index is 14.5. The fraction of sp³-hybridized carbons (Fsp3) is 0.208. The summed E-state index contributed by atoms with van der Waals surface area (Å²) in [5.74, 6) is 0.0264. The van der Waals surface area contributed by atoms with Crippen LogP contribution in [-0.2, 0) is 5.72 Å². The van der Waals surface area contributed by atoms with Crippen molar-refractivity contribution in [2.75, 3.05) is 6.61 Å². The number of urea groups is 1. The number of benzene rings is 2. The van der Waals surface area contributed by atoms with Gasteiger partial charge < -0.3 is 30.0 Å². The second kappa shape index (κ2) is 8.95. The predicted octanol–water partition coefficient (Wildman–Crippen LogP) is 4.66. The van der Waals surface area contributed by atoms with E-state index in [1.54, 1.807) is 24.3 Å². The van der Waals surface area contributed by atoms with Gasteiger partial charge in [-0.25, -0.2) is 4.79 Å². The van der Waals surface area contributed by atoms with E-state index in [4.69, 9.17) is 20.8 Å². The van der Waals surface area contributed by atoms with Crippen molar-refractivity contribution in [1.82, 2.24) is 10.6 Å². The van der Waals surface area contributed by atoms with E-state index < -0.39 is 40.9 Å². The Balaban J connectivity index is 1.79. The molecule has 7 nitrogen and oxygen atoms in total. The Morgan fingerprint density at radius 2 is 1.74 bits per heavy atom. The predicted molar refractivity (Wildman–Crippen MR) is 121 cm³/mol. The number of halogens is 4. The zero-order chi connectivity index (χ0) is 25.4. The van der Waals surface area contributed by atoms with Crippen molar-refractivity contribution in [2.24, 2.45) is 0 Å². The Kier molecular flexibility index (Phi) is 6.31. The normalized spacial score (nSPS) is 24.4. The van der Waals surface area contributed by atoms with E-state index in [-0.39, 0.29) is 18.1 Å². The van der Waals surface area contributed by atoms with Crippen molar-refractivity contribution in [2.45, 2.75) is 23.5 Å². The molecule has 0 bridgehead atoms. The van der Waals surface area contributed by atoms with E-state index in [9.17, 15) is 28.2 Å². The summed E-state index contributed by atoms with van der Waals surface area (Å²) in [4.78, 5) is 12.4. The van der Waals surface area contributed by atoms with Gasteiger partial charge in [0.25, 0.3) is 0 Å². The van der Waals surface area contributed by atoms with Gasteiger partial charge in [0.1, 0.15) is 29.9 Å². The molecule has 0 unspecified atom stereocenters. The molecule has 2 heterocycles. The molecular formula is C24H20ClF3N2O5. The first-order chi connectivity index (χ1) is 16.5. The first-order valence-corrected chi connectivity index (χ1v) is 10.7. The summed E-state index contributed by atoms with van der Waals surface area (Å²) in [6, 6.07) is 10.3. The third kappa shape index (κ3) is 4.24.